The Hall–Kier alpha value is -3.15. The van der Waals surface area contributed by atoms with Gasteiger partial charge in [0.15, 0.2) is 0 Å². The standard InChI is InChI=1S/C19H21N5O/c25-19(22-9-4-13-24-14-12-21-15-24)23-18(16-5-2-1-3-6-16)17-7-10-20-11-8-17/h1-3,5-8,10-12,14-15,18H,4,9,13H2,(H2,22,23,25)/t18-/m1/s1. The van der Waals surface area contributed by atoms with Gasteiger partial charge in [-0.1, -0.05) is 30.3 Å². The van der Waals surface area contributed by atoms with Crippen molar-refractivity contribution in [1.29, 1.82) is 0 Å². The molecule has 3 aromatic rings. The predicted molar refractivity (Wildman–Crippen MR) is 95.9 cm³/mol. The zero-order valence-electron chi connectivity index (χ0n) is 13.9. The van der Waals surface area contributed by atoms with Crippen LogP contribution in [0.25, 0.3) is 0 Å². The molecule has 2 N–H and O–H groups in total. The first kappa shape index (κ1) is 16.7. The van der Waals surface area contributed by atoms with Gasteiger partial charge in [0.2, 0.25) is 0 Å². The maximum atomic E-state index is 12.3. The summed E-state index contributed by atoms with van der Waals surface area (Å²) in [6.07, 6.45) is 9.74. The first-order valence-corrected chi connectivity index (χ1v) is 8.28. The summed E-state index contributed by atoms with van der Waals surface area (Å²) in [5.41, 5.74) is 2.03. The van der Waals surface area contributed by atoms with Gasteiger partial charge >= 0.3 is 6.03 Å². The number of amides is 2. The third-order valence-electron chi connectivity index (χ3n) is 3.89. The summed E-state index contributed by atoms with van der Waals surface area (Å²) < 4.78 is 1.99. The van der Waals surface area contributed by atoms with Crippen molar-refractivity contribution in [2.75, 3.05) is 6.54 Å². The van der Waals surface area contributed by atoms with Gasteiger partial charge in [-0.2, -0.15) is 0 Å². The molecule has 2 amide bonds. The molecule has 128 valence electrons. The van der Waals surface area contributed by atoms with Gasteiger partial charge < -0.3 is 15.2 Å². The summed E-state index contributed by atoms with van der Waals surface area (Å²) in [5.74, 6) is 0. The van der Waals surface area contributed by atoms with E-state index in [9.17, 15) is 4.79 Å². The van der Waals surface area contributed by atoms with E-state index in [4.69, 9.17) is 0 Å². The molecule has 6 heteroatoms. The number of benzene rings is 1. The molecule has 2 aromatic heterocycles. The fraction of sp³-hybridized carbons (Fsp3) is 0.211. The van der Waals surface area contributed by atoms with Crippen molar-refractivity contribution in [3.63, 3.8) is 0 Å². The fourth-order valence-electron chi connectivity index (χ4n) is 2.63. The molecular formula is C19H21N5O. The van der Waals surface area contributed by atoms with E-state index >= 15 is 0 Å². The Bertz CT molecular complexity index is 720. The van der Waals surface area contributed by atoms with E-state index in [1.54, 1.807) is 24.9 Å². The quantitative estimate of drug-likeness (QED) is 0.652. The lowest BCUT2D eigenvalue weighted by Crippen LogP contribution is -2.39. The summed E-state index contributed by atoms with van der Waals surface area (Å²) in [7, 11) is 0. The fourth-order valence-corrected chi connectivity index (χ4v) is 2.63. The number of nitrogens with zero attached hydrogens (tertiary/aromatic N) is 3. The van der Waals surface area contributed by atoms with Gasteiger partial charge in [-0.05, 0) is 29.7 Å². The van der Waals surface area contributed by atoms with Crippen molar-refractivity contribution >= 4 is 6.03 Å². The Morgan fingerprint density at radius 1 is 1.00 bits per heavy atom. The van der Waals surface area contributed by atoms with Crippen LogP contribution in [0.5, 0.6) is 0 Å². The molecule has 0 fully saturated rings. The van der Waals surface area contributed by atoms with Crippen molar-refractivity contribution in [3.8, 4) is 0 Å². The average molecular weight is 335 g/mol. The molecule has 3 rings (SSSR count). The highest BCUT2D eigenvalue weighted by molar-refractivity contribution is 5.75. The van der Waals surface area contributed by atoms with Crippen LogP contribution in [0, 0.1) is 0 Å². The molecule has 1 aromatic carbocycles. The summed E-state index contributed by atoms with van der Waals surface area (Å²) in [6, 6.07) is 13.3. The molecule has 0 spiro atoms. The Morgan fingerprint density at radius 2 is 1.76 bits per heavy atom. The van der Waals surface area contributed by atoms with Crippen LogP contribution in [0.15, 0.2) is 73.6 Å². The van der Waals surface area contributed by atoms with Crippen LogP contribution in [0.4, 0.5) is 4.79 Å². The van der Waals surface area contributed by atoms with E-state index in [2.05, 4.69) is 20.6 Å². The molecule has 0 bridgehead atoms. The van der Waals surface area contributed by atoms with Crippen LogP contribution in [0.1, 0.15) is 23.6 Å². The van der Waals surface area contributed by atoms with Crippen LogP contribution in [-0.2, 0) is 6.54 Å². The van der Waals surface area contributed by atoms with Gasteiger partial charge in [0, 0.05) is 37.9 Å². The van der Waals surface area contributed by atoms with Crippen molar-refractivity contribution in [2.24, 2.45) is 0 Å². The molecular weight excluding hydrogens is 314 g/mol. The summed E-state index contributed by atoms with van der Waals surface area (Å²) in [6.45, 7) is 1.43. The highest BCUT2D eigenvalue weighted by Gasteiger charge is 2.16. The van der Waals surface area contributed by atoms with Crippen molar-refractivity contribution in [1.82, 2.24) is 25.2 Å². The van der Waals surface area contributed by atoms with Crippen LogP contribution >= 0.6 is 0 Å². The highest BCUT2D eigenvalue weighted by Crippen LogP contribution is 2.21. The van der Waals surface area contributed by atoms with Gasteiger partial charge in [0.05, 0.1) is 12.4 Å². The van der Waals surface area contributed by atoms with E-state index in [-0.39, 0.29) is 12.1 Å². The van der Waals surface area contributed by atoms with Gasteiger partial charge in [-0.15, -0.1) is 0 Å². The van der Waals surface area contributed by atoms with Gasteiger partial charge in [0.1, 0.15) is 0 Å². The normalized spacial score (nSPS) is 11.7. The minimum Gasteiger partial charge on any atom is -0.338 e. The molecule has 0 aliphatic carbocycles. The van der Waals surface area contributed by atoms with E-state index in [1.807, 2.05) is 53.2 Å². The minimum absolute atomic E-state index is 0.184. The largest absolute Gasteiger partial charge is 0.338 e. The minimum atomic E-state index is -0.210. The molecule has 0 saturated carbocycles. The molecule has 6 nitrogen and oxygen atoms in total. The topological polar surface area (TPSA) is 71.8 Å². The molecule has 0 radical (unpaired) electrons. The number of aromatic nitrogens is 3. The zero-order valence-corrected chi connectivity index (χ0v) is 13.9. The van der Waals surface area contributed by atoms with Gasteiger partial charge in [0.25, 0.3) is 0 Å². The molecule has 0 unspecified atom stereocenters. The lowest BCUT2D eigenvalue weighted by molar-refractivity contribution is 0.238. The van der Waals surface area contributed by atoms with E-state index in [0.717, 1.165) is 24.1 Å². The van der Waals surface area contributed by atoms with E-state index < -0.39 is 0 Å². The molecule has 0 aliphatic heterocycles. The first-order chi connectivity index (χ1) is 12.3. The van der Waals surface area contributed by atoms with Gasteiger partial charge in [-0.25, -0.2) is 9.78 Å². The van der Waals surface area contributed by atoms with Crippen molar-refractivity contribution in [3.05, 3.63) is 84.7 Å². The zero-order chi connectivity index (χ0) is 17.3. The molecule has 25 heavy (non-hydrogen) atoms. The number of pyridine rings is 1. The lowest BCUT2D eigenvalue weighted by Gasteiger charge is -2.20. The maximum absolute atomic E-state index is 12.3. The van der Waals surface area contributed by atoms with Crippen LogP contribution in [0.3, 0.4) is 0 Å². The van der Waals surface area contributed by atoms with Crippen LogP contribution in [0.2, 0.25) is 0 Å². The Labute approximate surface area is 146 Å². The number of rotatable bonds is 7. The smallest absolute Gasteiger partial charge is 0.315 e. The lowest BCUT2D eigenvalue weighted by atomic mass is 10.00. The van der Waals surface area contributed by atoms with Crippen LogP contribution < -0.4 is 10.6 Å². The van der Waals surface area contributed by atoms with E-state index in [0.29, 0.717) is 6.54 Å². The van der Waals surface area contributed by atoms with Crippen molar-refractivity contribution in [2.45, 2.75) is 19.0 Å². The van der Waals surface area contributed by atoms with Crippen LogP contribution in [-0.4, -0.2) is 27.1 Å². The Balaban J connectivity index is 1.57. The second-order valence-corrected chi connectivity index (χ2v) is 5.68. The predicted octanol–water partition coefficient (Wildman–Crippen LogP) is 2.76. The maximum Gasteiger partial charge on any atom is 0.315 e. The van der Waals surface area contributed by atoms with Crippen molar-refractivity contribution < 1.29 is 4.79 Å². The Kier molecular flexibility index (Phi) is 5.77. The number of hydrogen-bond donors (Lipinski definition) is 2. The van der Waals surface area contributed by atoms with Gasteiger partial charge in [-0.3, -0.25) is 4.98 Å². The summed E-state index contributed by atoms with van der Waals surface area (Å²) in [5, 5.41) is 5.96. The second-order valence-electron chi connectivity index (χ2n) is 5.68. The molecule has 0 aliphatic rings. The number of aryl methyl sites for hydroxylation is 1. The second kappa shape index (κ2) is 8.63. The molecule has 2 heterocycles. The molecule has 0 saturated heterocycles. The number of urea groups is 1. The highest BCUT2D eigenvalue weighted by atomic mass is 16.2. The summed E-state index contributed by atoms with van der Waals surface area (Å²) in [4.78, 5) is 20.4. The number of nitrogens with one attached hydrogen (secondary N) is 2. The summed E-state index contributed by atoms with van der Waals surface area (Å²) >= 11 is 0. The number of carbonyl (C=O) groups is 1. The monoisotopic (exact) mass is 335 g/mol. The SMILES string of the molecule is O=C(NCCCn1ccnc1)N[C@H](c1ccccc1)c1ccncc1. The third kappa shape index (κ3) is 4.91. The number of imidazole rings is 1. The Morgan fingerprint density at radius 3 is 2.48 bits per heavy atom. The molecule has 1 atom stereocenters. The number of carbonyl (C=O) groups excluding carboxylic acids is 1. The van der Waals surface area contributed by atoms with E-state index in [1.165, 1.54) is 0 Å². The average Bonchev–Trinajstić information content (AvgIpc) is 3.18. The third-order valence-corrected chi connectivity index (χ3v) is 3.89. The number of hydrogen-bond acceptors (Lipinski definition) is 3. The first-order valence-electron chi connectivity index (χ1n) is 8.28.